The minimum absolute atomic E-state index is 0.182. The Kier molecular flexibility index (Phi) is 3.14. The maximum absolute atomic E-state index is 6.07. The van der Waals surface area contributed by atoms with Gasteiger partial charge in [-0.25, -0.2) is 0 Å². The van der Waals surface area contributed by atoms with Crippen LogP contribution >= 0.6 is 0 Å². The standard InChI is InChI=1S/C14H20N4O/c1-14(11-4-6-16-7-5-11)10-17-13(15)18(14)9-12-3-2-8-19-12/h4-7,12H,2-3,8-10H2,1H3,(H2,15,17). The second-order valence-electron chi connectivity index (χ2n) is 5.43. The maximum Gasteiger partial charge on any atom is 0.192 e. The van der Waals surface area contributed by atoms with Crippen molar-refractivity contribution in [3.8, 4) is 0 Å². The minimum Gasteiger partial charge on any atom is -0.376 e. The second-order valence-corrected chi connectivity index (χ2v) is 5.43. The van der Waals surface area contributed by atoms with E-state index in [9.17, 15) is 0 Å². The highest BCUT2D eigenvalue weighted by Gasteiger charge is 2.40. The number of rotatable bonds is 3. The lowest BCUT2D eigenvalue weighted by molar-refractivity contribution is 0.0690. The van der Waals surface area contributed by atoms with Crippen molar-refractivity contribution in [1.29, 1.82) is 0 Å². The second kappa shape index (κ2) is 4.81. The fraction of sp³-hybridized carbons (Fsp3) is 0.571. The molecular weight excluding hydrogens is 240 g/mol. The number of guanidine groups is 1. The number of nitrogens with zero attached hydrogens (tertiary/aromatic N) is 3. The number of pyridine rings is 1. The third kappa shape index (κ3) is 2.18. The van der Waals surface area contributed by atoms with Gasteiger partial charge in [0.15, 0.2) is 5.96 Å². The summed E-state index contributed by atoms with van der Waals surface area (Å²) in [6.45, 7) is 4.55. The maximum atomic E-state index is 6.07. The first-order valence-corrected chi connectivity index (χ1v) is 6.80. The van der Waals surface area contributed by atoms with Crippen molar-refractivity contribution in [1.82, 2.24) is 9.88 Å². The Labute approximate surface area is 113 Å². The van der Waals surface area contributed by atoms with E-state index in [2.05, 4.69) is 21.8 Å². The van der Waals surface area contributed by atoms with E-state index >= 15 is 0 Å². The molecule has 0 bridgehead atoms. The Morgan fingerprint density at radius 2 is 2.26 bits per heavy atom. The zero-order valence-corrected chi connectivity index (χ0v) is 11.2. The molecule has 2 atom stereocenters. The number of nitrogens with two attached hydrogens (primary N) is 1. The molecule has 102 valence electrons. The fourth-order valence-corrected chi connectivity index (χ4v) is 2.90. The number of hydrogen-bond donors (Lipinski definition) is 1. The fourth-order valence-electron chi connectivity index (χ4n) is 2.90. The van der Waals surface area contributed by atoms with Crippen LogP contribution in [0, 0.1) is 0 Å². The van der Waals surface area contributed by atoms with Gasteiger partial charge < -0.3 is 15.4 Å². The summed E-state index contributed by atoms with van der Waals surface area (Å²) in [4.78, 5) is 10.7. The zero-order chi connectivity index (χ0) is 13.3. The lowest BCUT2D eigenvalue weighted by Crippen LogP contribution is -2.50. The van der Waals surface area contributed by atoms with E-state index in [0.717, 1.165) is 26.0 Å². The Morgan fingerprint density at radius 3 is 2.95 bits per heavy atom. The van der Waals surface area contributed by atoms with Gasteiger partial charge >= 0.3 is 0 Å². The van der Waals surface area contributed by atoms with Crippen molar-refractivity contribution in [2.24, 2.45) is 10.7 Å². The molecule has 1 saturated heterocycles. The van der Waals surface area contributed by atoms with Crippen molar-refractivity contribution in [2.75, 3.05) is 19.7 Å². The van der Waals surface area contributed by atoms with Gasteiger partial charge in [-0.2, -0.15) is 0 Å². The average Bonchev–Trinajstić information content (AvgIpc) is 3.04. The number of hydrogen-bond acceptors (Lipinski definition) is 5. The number of aliphatic imine (C=N–C) groups is 1. The largest absolute Gasteiger partial charge is 0.376 e. The van der Waals surface area contributed by atoms with Crippen LogP contribution < -0.4 is 5.73 Å². The van der Waals surface area contributed by atoms with Crippen LogP contribution in [0.25, 0.3) is 0 Å². The predicted octanol–water partition coefficient (Wildman–Crippen LogP) is 1.11. The molecule has 1 fully saturated rings. The van der Waals surface area contributed by atoms with E-state index < -0.39 is 0 Å². The van der Waals surface area contributed by atoms with Crippen molar-refractivity contribution in [3.63, 3.8) is 0 Å². The molecule has 0 spiro atoms. The molecule has 19 heavy (non-hydrogen) atoms. The highest BCUT2D eigenvalue weighted by molar-refractivity contribution is 5.81. The summed E-state index contributed by atoms with van der Waals surface area (Å²) >= 11 is 0. The lowest BCUT2D eigenvalue weighted by Gasteiger charge is -2.37. The zero-order valence-electron chi connectivity index (χ0n) is 11.2. The van der Waals surface area contributed by atoms with E-state index in [1.54, 1.807) is 0 Å². The van der Waals surface area contributed by atoms with Crippen molar-refractivity contribution < 1.29 is 4.74 Å². The molecule has 2 aliphatic heterocycles. The number of ether oxygens (including phenoxy) is 1. The molecule has 2 aliphatic rings. The summed E-state index contributed by atoms with van der Waals surface area (Å²) in [5, 5.41) is 0. The topological polar surface area (TPSA) is 63.7 Å². The quantitative estimate of drug-likeness (QED) is 0.884. The molecular formula is C14H20N4O. The van der Waals surface area contributed by atoms with E-state index in [-0.39, 0.29) is 11.6 Å². The number of aromatic nitrogens is 1. The first-order chi connectivity index (χ1) is 9.20. The average molecular weight is 260 g/mol. The van der Waals surface area contributed by atoms with Gasteiger partial charge in [-0.1, -0.05) is 0 Å². The third-order valence-corrected chi connectivity index (χ3v) is 4.13. The van der Waals surface area contributed by atoms with Crippen LogP contribution in [0.1, 0.15) is 25.3 Å². The van der Waals surface area contributed by atoms with E-state index in [0.29, 0.717) is 12.5 Å². The molecule has 3 heterocycles. The van der Waals surface area contributed by atoms with Crippen molar-refractivity contribution in [3.05, 3.63) is 30.1 Å². The highest BCUT2D eigenvalue weighted by Crippen LogP contribution is 2.33. The molecule has 0 aromatic carbocycles. The van der Waals surface area contributed by atoms with Crippen molar-refractivity contribution in [2.45, 2.75) is 31.4 Å². The van der Waals surface area contributed by atoms with E-state index in [1.807, 2.05) is 24.5 Å². The van der Waals surface area contributed by atoms with Gasteiger partial charge in [0.1, 0.15) is 0 Å². The first kappa shape index (κ1) is 12.4. The third-order valence-electron chi connectivity index (χ3n) is 4.13. The lowest BCUT2D eigenvalue weighted by atomic mass is 9.91. The SMILES string of the molecule is CC1(c2ccncc2)CN=C(N)N1CC1CCCO1. The summed E-state index contributed by atoms with van der Waals surface area (Å²) in [5.74, 6) is 0.620. The van der Waals surface area contributed by atoms with Crippen LogP contribution in [-0.2, 0) is 10.3 Å². The van der Waals surface area contributed by atoms with Crippen molar-refractivity contribution >= 4 is 5.96 Å². The summed E-state index contributed by atoms with van der Waals surface area (Å²) in [6, 6.07) is 4.08. The van der Waals surface area contributed by atoms with Crippen LogP contribution in [0.5, 0.6) is 0 Å². The van der Waals surface area contributed by atoms with Crippen LogP contribution in [0.15, 0.2) is 29.5 Å². The molecule has 2 unspecified atom stereocenters. The molecule has 2 N–H and O–H groups in total. The molecule has 0 amide bonds. The van der Waals surface area contributed by atoms with Gasteiger partial charge in [0, 0.05) is 25.5 Å². The Morgan fingerprint density at radius 1 is 1.47 bits per heavy atom. The minimum atomic E-state index is -0.182. The van der Waals surface area contributed by atoms with Gasteiger partial charge in [-0.3, -0.25) is 9.98 Å². The van der Waals surface area contributed by atoms with E-state index in [4.69, 9.17) is 10.5 Å². The van der Waals surface area contributed by atoms with E-state index in [1.165, 1.54) is 5.56 Å². The molecule has 1 aromatic heterocycles. The summed E-state index contributed by atoms with van der Waals surface area (Å²) in [7, 11) is 0. The first-order valence-electron chi connectivity index (χ1n) is 6.80. The smallest absolute Gasteiger partial charge is 0.192 e. The molecule has 0 aliphatic carbocycles. The van der Waals surface area contributed by atoms with Crippen LogP contribution in [-0.4, -0.2) is 41.6 Å². The van der Waals surface area contributed by atoms with Gasteiger partial charge in [0.05, 0.1) is 18.2 Å². The summed E-state index contributed by atoms with van der Waals surface area (Å²) in [6.07, 6.45) is 6.16. The monoisotopic (exact) mass is 260 g/mol. The van der Waals surface area contributed by atoms with Crippen LogP contribution in [0.3, 0.4) is 0 Å². The molecule has 0 saturated carbocycles. The molecule has 3 rings (SSSR count). The van der Waals surface area contributed by atoms with Crippen LogP contribution in [0.2, 0.25) is 0 Å². The Balaban J connectivity index is 1.84. The Bertz CT molecular complexity index is 470. The molecule has 0 radical (unpaired) electrons. The molecule has 5 heteroatoms. The summed E-state index contributed by atoms with van der Waals surface area (Å²) < 4.78 is 5.73. The van der Waals surface area contributed by atoms with Gasteiger partial charge in [0.2, 0.25) is 0 Å². The van der Waals surface area contributed by atoms with Gasteiger partial charge in [-0.15, -0.1) is 0 Å². The molecule has 1 aromatic rings. The predicted molar refractivity (Wildman–Crippen MR) is 73.8 cm³/mol. The Hall–Kier alpha value is -1.62. The highest BCUT2D eigenvalue weighted by atomic mass is 16.5. The molecule has 5 nitrogen and oxygen atoms in total. The van der Waals surface area contributed by atoms with Gasteiger partial charge in [-0.05, 0) is 37.5 Å². The normalized spacial score (nSPS) is 30.7. The van der Waals surface area contributed by atoms with Gasteiger partial charge in [0.25, 0.3) is 0 Å². The van der Waals surface area contributed by atoms with Crippen LogP contribution in [0.4, 0.5) is 0 Å². The summed E-state index contributed by atoms with van der Waals surface area (Å²) in [5.41, 5.74) is 7.09.